The first-order chi connectivity index (χ1) is 18.2. The first-order valence-corrected chi connectivity index (χ1v) is 11.7. The number of fused-ring (bicyclic) bond motifs is 2. The molecule has 0 aliphatic heterocycles. The van der Waals surface area contributed by atoms with Crippen LogP contribution in [-0.4, -0.2) is 22.7 Å². The highest BCUT2D eigenvalue weighted by Gasteiger charge is 2.34. The third-order valence-electron chi connectivity index (χ3n) is 5.96. The number of hydrogen-bond donors (Lipinski definition) is 2. The summed E-state index contributed by atoms with van der Waals surface area (Å²) < 4.78 is 64.7. The van der Waals surface area contributed by atoms with Crippen molar-refractivity contribution in [1.29, 1.82) is 0 Å². The number of aromatic nitrogens is 2. The Hall–Kier alpha value is -4.60. The monoisotopic (exact) mass is 523 g/mol. The molecule has 38 heavy (non-hydrogen) atoms. The lowest BCUT2D eigenvalue weighted by Gasteiger charge is -2.14. The number of ether oxygens (including phenoxy) is 2. The van der Waals surface area contributed by atoms with Gasteiger partial charge in [0.25, 0.3) is 5.91 Å². The van der Waals surface area contributed by atoms with Crippen molar-refractivity contribution >= 4 is 33.4 Å². The zero-order valence-electron chi connectivity index (χ0n) is 20.0. The Morgan fingerprint density at radius 2 is 1.79 bits per heavy atom. The predicted molar refractivity (Wildman–Crippen MR) is 135 cm³/mol. The number of carbonyl (C=O) groups excluding carboxylic acids is 1. The Morgan fingerprint density at radius 1 is 0.974 bits per heavy atom. The van der Waals surface area contributed by atoms with E-state index in [0.29, 0.717) is 40.3 Å². The fourth-order valence-electron chi connectivity index (χ4n) is 4.21. The fraction of sp³-hybridized carbons (Fsp3) is 0.143. The number of hydrogen-bond acceptors (Lipinski definition) is 4. The Bertz CT molecular complexity index is 1650. The van der Waals surface area contributed by atoms with Crippen LogP contribution in [0.3, 0.4) is 0 Å². The zero-order chi connectivity index (χ0) is 26.9. The number of amides is 1. The van der Waals surface area contributed by atoms with Gasteiger partial charge in [-0.15, -0.1) is 0 Å². The Balaban J connectivity index is 1.43. The molecule has 0 aliphatic carbocycles. The quantitative estimate of drug-likeness (QED) is 0.223. The van der Waals surface area contributed by atoms with Gasteiger partial charge in [-0.3, -0.25) is 9.89 Å². The molecule has 4 aromatic carbocycles. The van der Waals surface area contributed by atoms with E-state index in [1.54, 1.807) is 24.3 Å². The van der Waals surface area contributed by atoms with Crippen LogP contribution in [0.25, 0.3) is 21.7 Å². The van der Waals surface area contributed by atoms with E-state index < -0.39 is 30.1 Å². The molecule has 0 aliphatic rings. The number of nitrogens with one attached hydrogen (secondary N) is 2. The molecule has 0 unspecified atom stereocenters. The second-order valence-corrected chi connectivity index (χ2v) is 8.41. The van der Waals surface area contributed by atoms with Crippen LogP contribution in [0, 0.1) is 5.82 Å². The Morgan fingerprint density at radius 3 is 2.58 bits per heavy atom. The minimum atomic E-state index is -4.73. The van der Waals surface area contributed by atoms with Crippen molar-refractivity contribution in [1.82, 2.24) is 10.2 Å². The summed E-state index contributed by atoms with van der Waals surface area (Å²) in [4.78, 5) is 13.4. The summed E-state index contributed by atoms with van der Waals surface area (Å²) >= 11 is 0. The zero-order valence-corrected chi connectivity index (χ0v) is 20.0. The van der Waals surface area contributed by atoms with Crippen molar-refractivity contribution in [2.75, 3.05) is 11.9 Å². The number of rotatable bonds is 7. The molecule has 5 aromatic rings. The topological polar surface area (TPSA) is 76.2 Å². The van der Waals surface area contributed by atoms with Gasteiger partial charge in [0.1, 0.15) is 23.9 Å². The lowest BCUT2D eigenvalue weighted by Crippen LogP contribution is -2.15. The van der Waals surface area contributed by atoms with Gasteiger partial charge in [-0.2, -0.15) is 18.3 Å². The molecule has 0 bridgehead atoms. The number of nitrogens with zero attached hydrogens (tertiary/aromatic N) is 1. The lowest BCUT2D eigenvalue weighted by atomic mass is 10.0. The number of alkyl halides is 3. The van der Waals surface area contributed by atoms with Crippen LogP contribution in [-0.2, 0) is 12.8 Å². The molecular formula is C28H21F4N3O3. The molecular weight excluding hydrogens is 502 g/mol. The molecule has 0 atom stereocenters. The summed E-state index contributed by atoms with van der Waals surface area (Å²) in [5.74, 6) is -0.547. The third kappa shape index (κ3) is 4.97. The maximum absolute atomic E-state index is 13.4. The average molecular weight is 523 g/mol. The molecule has 10 heteroatoms. The summed E-state index contributed by atoms with van der Waals surface area (Å²) in [6.45, 7) is 1.76. The van der Waals surface area contributed by atoms with Crippen molar-refractivity contribution in [3.05, 3.63) is 95.3 Å². The smallest absolute Gasteiger partial charge is 0.416 e. The van der Waals surface area contributed by atoms with Crippen molar-refractivity contribution in [2.45, 2.75) is 19.7 Å². The summed E-state index contributed by atoms with van der Waals surface area (Å²) in [5.41, 5.74) is -0.382. The van der Waals surface area contributed by atoms with Crippen LogP contribution in [0.1, 0.15) is 28.4 Å². The van der Waals surface area contributed by atoms with Gasteiger partial charge >= 0.3 is 6.18 Å². The van der Waals surface area contributed by atoms with Crippen molar-refractivity contribution in [2.24, 2.45) is 0 Å². The molecule has 0 saturated carbocycles. The molecule has 194 valence electrons. The van der Waals surface area contributed by atoms with E-state index in [1.165, 1.54) is 0 Å². The van der Waals surface area contributed by atoms with E-state index in [0.717, 1.165) is 17.5 Å². The Labute approximate surface area is 214 Å². The van der Waals surface area contributed by atoms with Gasteiger partial charge in [0, 0.05) is 10.9 Å². The summed E-state index contributed by atoms with van der Waals surface area (Å²) in [6.07, 6.45) is -4.73. The second-order valence-electron chi connectivity index (χ2n) is 8.41. The molecule has 1 heterocycles. The summed E-state index contributed by atoms with van der Waals surface area (Å²) in [6, 6.07) is 18.2. The van der Waals surface area contributed by atoms with Crippen LogP contribution >= 0.6 is 0 Å². The minimum absolute atomic E-state index is 0.209. The molecule has 6 nitrogen and oxygen atoms in total. The standard InChI is InChI=1S/C28H21F4N3O3/c1-2-37-24-12-8-16-5-3-4-6-20(16)25(24)27(36)33-26-21-14-19(10-11-23(21)34-35-26)38-15-17-7-9-18(29)13-22(17)28(30,31)32/h3-14H,2,15H2,1H3,(H2,33,34,35,36). The SMILES string of the molecule is CCOc1ccc2ccccc2c1C(=O)Nc1n[nH]c2ccc(OCc3ccc(F)cc3C(F)(F)F)cc12. The number of anilines is 1. The van der Waals surface area contributed by atoms with Gasteiger partial charge in [-0.1, -0.05) is 36.4 Å². The summed E-state index contributed by atoms with van der Waals surface area (Å²) in [7, 11) is 0. The number of carbonyl (C=O) groups is 1. The van der Waals surface area contributed by atoms with E-state index in [4.69, 9.17) is 9.47 Å². The highest BCUT2D eigenvalue weighted by molar-refractivity contribution is 6.16. The number of aromatic amines is 1. The van der Waals surface area contributed by atoms with Crippen LogP contribution in [0.15, 0.2) is 72.8 Å². The van der Waals surface area contributed by atoms with E-state index in [2.05, 4.69) is 15.5 Å². The molecule has 1 aromatic heterocycles. The molecule has 1 amide bonds. The fourth-order valence-corrected chi connectivity index (χ4v) is 4.21. The first-order valence-electron chi connectivity index (χ1n) is 11.7. The molecule has 0 fully saturated rings. The van der Waals surface area contributed by atoms with Gasteiger partial charge in [0.2, 0.25) is 0 Å². The maximum atomic E-state index is 13.4. The van der Waals surface area contributed by atoms with Crippen molar-refractivity contribution in [3.63, 3.8) is 0 Å². The van der Waals surface area contributed by atoms with E-state index >= 15 is 0 Å². The largest absolute Gasteiger partial charge is 0.493 e. The van der Waals surface area contributed by atoms with E-state index in [1.807, 2.05) is 37.3 Å². The van der Waals surface area contributed by atoms with E-state index in [9.17, 15) is 22.4 Å². The third-order valence-corrected chi connectivity index (χ3v) is 5.96. The summed E-state index contributed by atoms with van der Waals surface area (Å²) in [5, 5.41) is 11.9. The average Bonchev–Trinajstić information content (AvgIpc) is 3.29. The van der Waals surface area contributed by atoms with Crippen LogP contribution in [0.2, 0.25) is 0 Å². The van der Waals surface area contributed by atoms with Gasteiger partial charge in [0.15, 0.2) is 5.82 Å². The minimum Gasteiger partial charge on any atom is -0.493 e. The predicted octanol–water partition coefficient (Wildman–Crippen LogP) is 7.10. The van der Waals surface area contributed by atoms with Gasteiger partial charge in [-0.05, 0) is 54.1 Å². The lowest BCUT2D eigenvalue weighted by molar-refractivity contribution is -0.138. The Kier molecular flexibility index (Phi) is 6.62. The molecule has 0 spiro atoms. The highest BCUT2D eigenvalue weighted by atomic mass is 19.4. The number of benzene rings is 4. The first kappa shape index (κ1) is 25.1. The van der Waals surface area contributed by atoms with Crippen molar-refractivity contribution in [3.8, 4) is 11.5 Å². The van der Waals surface area contributed by atoms with Crippen LogP contribution in [0.5, 0.6) is 11.5 Å². The molecule has 0 saturated heterocycles. The van der Waals surface area contributed by atoms with Gasteiger partial charge < -0.3 is 14.8 Å². The highest BCUT2D eigenvalue weighted by Crippen LogP contribution is 2.34. The van der Waals surface area contributed by atoms with Crippen molar-refractivity contribution < 1.29 is 31.8 Å². The maximum Gasteiger partial charge on any atom is 0.416 e. The number of H-pyrrole nitrogens is 1. The van der Waals surface area contributed by atoms with Crippen LogP contribution in [0.4, 0.5) is 23.4 Å². The molecule has 2 N–H and O–H groups in total. The number of halogens is 4. The van der Waals surface area contributed by atoms with Crippen LogP contribution < -0.4 is 14.8 Å². The van der Waals surface area contributed by atoms with Gasteiger partial charge in [0.05, 0.1) is 23.3 Å². The normalized spacial score (nSPS) is 11.6. The molecule has 5 rings (SSSR count). The second kappa shape index (κ2) is 10.0. The van der Waals surface area contributed by atoms with Gasteiger partial charge in [-0.25, -0.2) is 4.39 Å². The van der Waals surface area contributed by atoms with E-state index in [-0.39, 0.29) is 17.1 Å². The molecule has 0 radical (unpaired) electrons.